The molecule has 0 bridgehead atoms. The SMILES string of the molecule is O=S(=O)(CCSC1CCCCC1)c1ccc(Br)cc1. The summed E-state index contributed by atoms with van der Waals surface area (Å²) >= 11 is 5.15. The summed E-state index contributed by atoms with van der Waals surface area (Å²) in [7, 11) is -3.12. The van der Waals surface area contributed by atoms with E-state index in [4.69, 9.17) is 0 Å². The number of hydrogen-bond donors (Lipinski definition) is 0. The van der Waals surface area contributed by atoms with Gasteiger partial charge in [0.1, 0.15) is 0 Å². The van der Waals surface area contributed by atoms with E-state index in [1.54, 1.807) is 24.3 Å². The Morgan fingerprint density at radius 3 is 2.37 bits per heavy atom. The zero-order chi connectivity index (χ0) is 13.7. The molecule has 1 aromatic rings. The summed E-state index contributed by atoms with van der Waals surface area (Å²) in [6.45, 7) is 0. The van der Waals surface area contributed by atoms with Gasteiger partial charge in [-0.25, -0.2) is 8.42 Å². The van der Waals surface area contributed by atoms with Crippen LogP contribution in [-0.4, -0.2) is 25.2 Å². The van der Waals surface area contributed by atoms with Crippen molar-refractivity contribution in [3.63, 3.8) is 0 Å². The van der Waals surface area contributed by atoms with Gasteiger partial charge in [-0.1, -0.05) is 35.2 Å². The maximum Gasteiger partial charge on any atom is 0.179 e. The highest BCUT2D eigenvalue weighted by Crippen LogP contribution is 2.28. The summed E-state index contributed by atoms with van der Waals surface area (Å²) in [5.74, 6) is 0.957. The van der Waals surface area contributed by atoms with Crippen LogP contribution in [-0.2, 0) is 9.84 Å². The first-order valence-corrected chi connectivity index (χ1v) is 10.2. The van der Waals surface area contributed by atoms with E-state index in [-0.39, 0.29) is 5.75 Å². The van der Waals surface area contributed by atoms with Crippen LogP contribution in [0.25, 0.3) is 0 Å². The number of sulfone groups is 1. The van der Waals surface area contributed by atoms with E-state index in [1.165, 1.54) is 32.1 Å². The van der Waals surface area contributed by atoms with Crippen molar-refractivity contribution in [2.24, 2.45) is 0 Å². The Hall–Kier alpha value is -0.000000000000000111. The van der Waals surface area contributed by atoms with Gasteiger partial charge in [0.25, 0.3) is 0 Å². The molecule has 0 N–H and O–H groups in total. The molecule has 0 unspecified atom stereocenters. The van der Waals surface area contributed by atoms with Crippen molar-refractivity contribution in [3.05, 3.63) is 28.7 Å². The lowest BCUT2D eigenvalue weighted by Crippen LogP contribution is -2.13. The monoisotopic (exact) mass is 362 g/mol. The predicted octanol–water partition coefficient (Wildman–Crippen LogP) is 4.29. The normalized spacial score (nSPS) is 17.5. The van der Waals surface area contributed by atoms with Crippen molar-refractivity contribution in [2.75, 3.05) is 11.5 Å². The van der Waals surface area contributed by atoms with Crippen LogP contribution in [0.5, 0.6) is 0 Å². The summed E-state index contributed by atoms with van der Waals surface area (Å²) in [6.07, 6.45) is 6.45. The van der Waals surface area contributed by atoms with Crippen molar-refractivity contribution >= 4 is 37.5 Å². The minimum atomic E-state index is -3.12. The highest BCUT2D eigenvalue weighted by atomic mass is 79.9. The predicted molar refractivity (Wildman–Crippen MR) is 85.5 cm³/mol. The fourth-order valence-electron chi connectivity index (χ4n) is 2.32. The molecule has 0 radical (unpaired) electrons. The number of rotatable bonds is 5. The van der Waals surface area contributed by atoms with E-state index in [1.807, 2.05) is 11.8 Å². The second-order valence-electron chi connectivity index (χ2n) is 4.90. The number of halogens is 1. The van der Waals surface area contributed by atoms with Gasteiger partial charge in [-0.05, 0) is 37.1 Å². The van der Waals surface area contributed by atoms with Gasteiger partial charge in [-0.2, -0.15) is 11.8 Å². The summed E-state index contributed by atoms with van der Waals surface area (Å²) in [6, 6.07) is 6.90. The largest absolute Gasteiger partial charge is 0.224 e. The zero-order valence-electron chi connectivity index (χ0n) is 10.8. The first kappa shape index (κ1) is 15.4. The summed E-state index contributed by atoms with van der Waals surface area (Å²) in [5, 5.41) is 0.675. The Morgan fingerprint density at radius 2 is 1.74 bits per heavy atom. The van der Waals surface area contributed by atoms with Crippen molar-refractivity contribution in [2.45, 2.75) is 42.2 Å². The Labute approximate surface area is 128 Å². The molecular weight excluding hydrogens is 344 g/mol. The van der Waals surface area contributed by atoms with Crippen molar-refractivity contribution < 1.29 is 8.42 Å². The summed E-state index contributed by atoms with van der Waals surface area (Å²) < 4.78 is 25.2. The number of hydrogen-bond acceptors (Lipinski definition) is 3. The fraction of sp³-hybridized carbons (Fsp3) is 0.571. The summed E-state index contributed by atoms with van der Waals surface area (Å²) in [5.41, 5.74) is 0. The third-order valence-electron chi connectivity index (χ3n) is 3.43. The van der Waals surface area contributed by atoms with Gasteiger partial charge < -0.3 is 0 Å². The molecule has 1 saturated carbocycles. The minimum Gasteiger partial charge on any atom is -0.224 e. The van der Waals surface area contributed by atoms with Gasteiger partial charge in [-0.15, -0.1) is 0 Å². The van der Waals surface area contributed by atoms with Crippen LogP contribution in [0.15, 0.2) is 33.6 Å². The first-order valence-electron chi connectivity index (χ1n) is 6.68. The third-order valence-corrected chi connectivity index (χ3v) is 7.33. The quantitative estimate of drug-likeness (QED) is 0.783. The number of thioether (sulfide) groups is 1. The Morgan fingerprint density at radius 1 is 1.11 bits per heavy atom. The Bertz CT molecular complexity index is 491. The topological polar surface area (TPSA) is 34.1 Å². The Balaban J connectivity index is 1.85. The average Bonchev–Trinajstić information content (AvgIpc) is 2.40. The molecule has 1 aromatic carbocycles. The molecule has 106 valence electrons. The summed E-state index contributed by atoms with van der Waals surface area (Å²) in [4.78, 5) is 0.431. The lowest BCUT2D eigenvalue weighted by Gasteiger charge is -2.20. The van der Waals surface area contributed by atoms with Crippen molar-refractivity contribution in [3.8, 4) is 0 Å². The van der Waals surface area contributed by atoms with E-state index in [9.17, 15) is 8.42 Å². The smallest absolute Gasteiger partial charge is 0.179 e. The maximum atomic E-state index is 12.2. The molecule has 5 heteroatoms. The molecule has 0 heterocycles. The minimum absolute atomic E-state index is 0.246. The van der Waals surface area contributed by atoms with E-state index >= 15 is 0 Å². The molecule has 0 saturated heterocycles. The molecule has 2 rings (SSSR count). The van der Waals surface area contributed by atoms with Gasteiger partial charge >= 0.3 is 0 Å². The van der Waals surface area contributed by atoms with Crippen LogP contribution in [0.4, 0.5) is 0 Å². The molecule has 1 aliphatic carbocycles. The molecule has 1 aliphatic rings. The number of benzene rings is 1. The van der Waals surface area contributed by atoms with Crippen LogP contribution in [0, 0.1) is 0 Å². The van der Waals surface area contributed by atoms with Crippen LogP contribution in [0.2, 0.25) is 0 Å². The first-order chi connectivity index (χ1) is 9.08. The molecule has 1 fully saturated rings. The molecule has 2 nitrogen and oxygen atoms in total. The van der Waals surface area contributed by atoms with Gasteiger partial charge in [0.2, 0.25) is 0 Å². The molecule has 0 spiro atoms. The Kier molecular flexibility index (Phi) is 5.78. The van der Waals surface area contributed by atoms with Gasteiger partial charge in [0.15, 0.2) is 9.84 Å². The van der Waals surface area contributed by atoms with Gasteiger partial charge in [-0.3, -0.25) is 0 Å². The van der Waals surface area contributed by atoms with Crippen LogP contribution >= 0.6 is 27.7 Å². The highest BCUT2D eigenvalue weighted by molar-refractivity contribution is 9.10. The lowest BCUT2D eigenvalue weighted by atomic mass is 10.0. The van der Waals surface area contributed by atoms with E-state index in [0.717, 1.165) is 4.47 Å². The van der Waals surface area contributed by atoms with Crippen LogP contribution in [0.1, 0.15) is 32.1 Å². The highest BCUT2D eigenvalue weighted by Gasteiger charge is 2.17. The van der Waals surface area contributed by atoms with E-state index in [2.05, 4.69) is 15.9 Å². The van der Waals surface area contributed by atoms with E-state index in [0.29, 0.717) is 15.9 Å². The molecule has 0 atom stereocenters. The zero-order valence-corrected chi connectivity index (χ0v) is 14.1. The van der Waals surface area contributed by atoms with Gasteiger partial charge in [0.05, 0.1) is 10.6 Å². The molecule has 0 amide bonds. The lowest BCUT2D eigenvalue weighted by molar-refractivity contribution is 0.516. The van der Waals surface area contributed by atoms with Crippen LogP contribution in [0.3, 0.4) is 0 Å². The average molecular weight is 363 g/mol. The molecule has 0 aromatic heterocycles. The molecule has 0 aliphatic heterocycles. The molecular formula is C14H19BrO2S2. The van der Waals surface area contributed by atoms with Crippen LogP contribution < -0.4 is 0 Å². The molecule has 19 heavy (non-hydrogen) atoms. The maximum absolute atomic E-state index is 12.2. The standard InChI is InChI=1S/C14H19BrO2S2/c15-12-6-8-14(9-7-12)19(16,17)11-10-18-13-4-2-1-3-5-13/h6-9,13H,1-5,10-11H2. The second-order valence-corrected chi connectivity index (χ2v) is 9.34. The fourth-order valence-corrected chi connectivity index (χ4v) is 5.63. The van der Waals surface area contributed by atoms with Gasteiger partial charge in [0, 0.05) is 15.5 Å². The van der Waals surface area contributed by atoms with Crippen molar-refractivity contribution in [1.29, 1.82) is 0 Å². The van der Waals surface area contributed by atoms with E-state index < -0.39 is 9.84 Å². The van der Waals surface area contributed by atoms with Crippen molar-refractivity contribution in [1.82, 2.24) is 0 Å². The second kappa shape index (κ2) is 7.14. The third kappa shape index (κ3) is 4.80.